The Morgan fingerprint density at radius 1 is 1.25 bits per heavy atom. The van der Waals surface area contributed by atoms with E-state index in [1.165, 1.54) is 7.11 Å². The number of methoxy groups -OCH3 is 1. The monoisotopic (exact) mass is 336 g/mol. The first-order valence-corrected chi connectivity index (χ1v) is 8.43. The largest absolute Gasteiger partial charge is 0.487 e. The molecule has 134 valence electrons. The van der Waals surface area contributed by atoms with E-state index >= 15 is 0 Å². The molecule has 2 aliphatic heterocycles. The summed E-state index contributed by atoms with van der Waals surface area (Å²) in [4.78, 5) is 26.8. The van der Waals surface area contributed by atoms with E-state index in [4.69, 9.17) is 9.47 Å². The number of ether oxygens (including phenoxy) is 2. The molecule has 6 heteroatoms. The second-order valence-electron chi connectivity index (χ2n) is 7.71. The average Bonchev–Trinajstić information content (AvgIpc) is 2.48. The molecular formula is C18H28N2O4. The van der Waals surface area contributed by atoms with Crippen LogP contribution >= 0.6 is 0 Å². The summed E-state index contributed by atoms with van der Waals surface area (Å²) in [6.07, 6.45) is 5.41. The predicted octanol–water partition coefficient (Wildman–Crippen LogP) is 2.24. The molecule has 0 aromatic carbocycles. The summed E-state index contributed by atoms with van der Waals surface area (Å²) in [5, 5.41) is 0. The van der Waals surface area contributed by atoms with Crippen molar-refractivity contribution in [2.75, 3.05) is 39.8 Å². The summed E-state index contributed by atoms with van der Waals surface area (Å²) in [6, 6.07) is 0. The smallest absolute Gasteiger partial charge is 0.410 e. The number of hydrogen-bond donors (Lipinski definition) is 0. The lowest BCUT2D eigenvalue weighted by atomic mass is 9.72. The minimum absolute atomic E-state index is 0.204. The number of carbonyl (C=O) groups is 1. The van der Waals surface area contributed by atoms with Gasteiger partial charge in [0.1, 0.15) is 5.60 Å². The normalized spacial score (nSPS) is 20.6. The minimum atomic E-state index is -0.442. The van der Waals surface area contributed by atoms with Crippen LogP contribution in [0.5, 0.6) is 0 Å². The zero-order valence-electron chi connectivity index (χ0n) is 15.1. The summed E-state index contributed by atoms with van der Waals surface area (Å²) in [7, 11) is 1.46. The molecule has 2 fully saturated rings. The van der Waals surface area contributed by atoms with Crippen LogP contribution in [0.3, 0.4) is 0 Å². The number of amides is 1. The number of rotatable bonds is 4. The molecule has 0 bridgehead atoms. The van der Waals surface area contributed by atoms with E-state index in [9.17, 15) is 9.59 Å². The second-order valence-corrected chi connectivity index (χ2v) is 7.71. The molecule has 2 saturated heterocycles. The Morgan fingerprint density at radius 3 is 2.38 bits per heavy atom. The maximum absolute atomic E-state index is 12.1. The fourth-order valence-corrected chi connectivity index (χ4v) is 3.29. The van der Waals surface area contributed by atoms with E-state index in [-0.39, 0.29) is 11.9 Å². The standard InChI is InChI=1S/C18H28N2O4/c1-17(2,3)24-16(22)20-10-7-18(8-11-20)13-19(14-18)9-5-6-15(12-21)23-4/h5-6H,7-11,13-14H2,1-4H3/b6-5+. The molecule has 0 aromatic heterocycles. The molecule has 0 radical (unpaired) electrons. The van der Waals surface area contributed by atoms with E-state index in [0.29, 0.717) is 5.41 Å². The zero-order valence-corrected chi connectivity index (χ0v) is 15.1. The Bertz CT molecular complexity index is 528. The van der Waals surface area contributed by atoms with Gasteiger partial charge in [0.15, 0.2) is 5.94 Å². The topological polar surface area (TPSA) is 59.1 Å². The molecule has 2 rings (SSSR count). The molecule has 1 spiro atoms. The lowest BCUT2D eigenvalue weighted by Crippen LogP contribution is -2.60. The third-order valence-corrected chi connectivity index (χ3v) is 4.55. The zero-order chi connectivity index (χ0) is 17.8. The summed E-state index contributed by atoms with van der Waals surface area (Å²) in [5.41, 5.74) is -0.111. The van der Waals surface area contributed by atoms with Gasteiger partial charge in [-0.15, -0.1) is 0 Å². The fraction of sp³-hybridized carbons (Fsp3) is 0.722. The minimum Gasteiger partial charge on any atom is -0.487 e. The van der Waals surface area contributed by atoms with E-state index < -0.39 is 5.60 Å². The highest BCUT2D eigenvalue weighted by molar-refractivity contribution is 5.68. The van der Waals surface area contributed by atoms with E-state index in [2.05, 4.69) is 4.90 Å². The van der Waals surface area contributed by atoms with E-state index in [1.54, 1.807) is 12.0 Å². The highest BCUT2D eigenvalue weighted by Crippen LogP contribution is 2.40. The van der Waals surface area contributed by atoms with Crippen LogP contribution in [0.4, 0.5) is 4.79 Å². The maximum Gasteiger partial charge on any atom is 0.410 e. The first kappa shape index (κ1) is 18.6. The molecule has 0 aliphatic carbocycles. The Kier molecular flexibility index (Phi) is 5.73. The van der Waals surface area contributed by atoms with Gasteiger partial charge in [0, 0.05) is 32.7 Å². The van der Waals surface area contributed by atoms with Crippen molar-refractivity contribution in [2.45, 2.75) is 39.2 Å². The second kappa shape index (κ2) is 7.41. The fourth-order valence-electron chi connectivity index (χ4n) is 3.29. The Hall–Kier alpha value is -1.78. The lowest BCUT2D eigenvalue weighted by molar-refractivity contribution is -0.0459. The molecular weight excluding hydrogens is 308 g/mol. The molecule has 0 aromatic rings. The molecule has 1 amide bonds. The maximum atomic E-state index is 12.1. The van der Waals surface area contributed by atoms with Gasteiger partial charge in [-0.2, -0.15) is 0 Å². The molecule has 0 saturated carbocycles. The number of carbonyl (C=O) groups excluding carboxylic acids is 2. The first-order chi connectivity index (χ1) is 11.3. The Morgan fingerprint density at radius 2 is 1.88 bits per heavy atom. The highest BCUT2D eigenvalue weighted by Gasteiger charge is 2.45. The molecule has 6 nitrogen and oxygen atoms in total. The van der Waals surface area contributed by atoms with Crippen molar-refractivity contribution in [3.05, 3.63) is 17.9 Å². The molecule has 2 aliphatic rings. The Balaban J connectivity index is 1.72. The summed E-state index contributed by atoms with van der Waals surface area (Å²) < 4.78 is 10.3. The van der Waals surface area contributed by atoms with Crippen molar-refractivity contribution in [2.24, 2.45) is 5.41 Å². The van der Waals surface area contributed by atoms with Gasteiger partial charge in [-0.3, -0.25) is 4.90 Å². The van der Waals surface area contributed by atoms with Gasteiger partial charge in [0.25, 0.3) is 0 Å². The predicted molar refractivity (Wildman–Crippen MR) is 91.3 cm³/mol. The van der Waals surface area contributed by atoms with Gasteiger partial charge in [-0.05, 0) is 45.1 Å². The van der Waals surface area contributed by atoms with Crippen molar-refractivity contribution in [1.82, 2.24) is 9.80 Å². The molecule has 0 unspecified atom stereocenters. The third-order valence-electron chi connectivity index (χ3n) is 4.55. The quantitative estimate of drug-likeness (QED) is 0.448. The number of nitrogens with zero attached hydrogens (tertiary/aromatic N) is 2. The summed E-state index contributed by atoms with van der Waals surface area (Å²) in [6.45, 7) is 10.1. The van der Waals surface area contributed by atoms with Crippen LogP contribution in [0, 0.1) is 5.41 Å². The van der Waals surface area contributed by atoms with Crippen LogP contribution in [-0.4, -0.2) is 67.3 Å². The van der Waals surface area contributed by atoms with Crippen LogP contribution in [-0.2, 0) is 14.3 Å². The van der Waals surface area contributed by atoms with Gasteiger partial charge in [0.2, 0.25) is 5.76 Å². The van der Waals surface area contributed by atoms with Crippen molar-refractivity contribution < 1.29 is 19.1 Å². The van der Waals surface area contributed by atoms with Crippen molar-refractivity contribution in [1.29, 1.82) is 0 Å². The molecule has 2 heterocycles. The van der Waals surface area contributed by atoms with Gasteiger partial charge < -0.3 is 14.4 Å². The summed E-state index contributed by atoms with van der Waals surface area (Å²) >= 11 is 0. The number of allylic oxidation sites excluding steroid dienone is 1. The third kappa shape index (κ3) is 4.86. The Labute approximate surface area is 144 Å². The number of hydrogen-bond acceptors (Lipinski definition) is 5. The van der Waals surface area contributed by atoms with E-state index in [0.717, 1.165) is 45.6 Å². The summed E-state index contributed by atoms with van der Waals surface area (Å²) in [5.74, 6) is 1.96. The highest BCUT2D eigenvalue weighted by atomic mass is 16.6. The molecule has 0 N–H and O–H groups in total. The van der Waals surface area contributed by atoms with Crippen LogP contribution in [0.2, 0.25) is 0 Å². The molecule has 0 atom stereocenters. The lowest BCUT2D eigenvalue weighted by Gasteiger charge is -2.53. The van der Waals surface area contributed by atoms with Gasteiger partial charge in [-0.25, -0.2) is 9.59 Å². The van der Waals surface area contributed by atoms with Crippen LogP contribution in [0.15, 0.2) is 17.9 Å². The number of likely N-dealkylation sites (tertiary alicyclic amines) is 2. The number of piperidine rings is 1. The van der Waals surface area contributed by atoms with Crippen LogP contribution in [0.25, 0.3) is 0 Å². The van der Waals surface area contributed by atoms with Gasteiger partial charge >= 0.3 is 6.09 Å². The van der Waals surface area contributed by atoms with E-state index in [1.807, 2.05) is 31.7 Å². The van der Waals surface area contributed by atoms with Crippen molar-refractivity contribution >= 4 is 12.0 Å². The SMILES string of the molecule is COC(=C=O)/C=C/CN1CC2(CCN(C(=O)OC(C)(C)C)CC2)C1. The van der Waals surface area contributed by atoms with Gasteiger partial charge in [-0.1, -0.05) is 6.08 Å². The van der Waals surface area contributed by atoms with Crippen molar-refractivity contribution in [3.8, 4) is 0 Å². The van der Waals surface area contributed by atoms with Crippen LogP contribution < -0.4 is 0 Å². The van der Waals surface area contributed by atoms with Crippen LogP contribution in [0.1, 0.15) is 33.6 Å². The van der Waals surface area contributed by atoms with Crippen molar-refractivity contribution in [3.63, 3.8) is 0 Å². The average molecular weight is 336 g/mol. The molecule has 24 heavy (non-hydrogen) atoms. The first-order valence-electron chi connectivity index (χ1n) is 8.43. The van der Waals surface area contributed by atoms with Gasteiger partial charge in [0.05, 0.1) is 7.11 Å².